The van der Waals surface area contributed by atoms with E-state index in [2.05, 4.69) is 34.5 Å². The molecule has 0 unspecified atom stereocenters. The molecule has 2 heterocycles. The van der Waals surface area contributed by atoms with Crippen LogP contribution < -0.4 is 15.7 Å². The van der Waals surface area contributed by atoms with Gasteiger partial charge in [0.1, 0.15) is 11.3 Å². The Bertz CT molecular complexity index is 1160. The SMILES string of the molecule is COc1ccc2c(C)c(CC(=O)NC3CCN(Cc4ccccc4)CC3)c(=O)oc2c1C. The molecule has 1 aliphatic heterocycles. The number of likely N-dealkylation sites (tertiary alicyclic amines) is 1. The summed E-state index contributed by atoms with van der Waals surface area (Å²) >= 11 is 0. The molecular weight excluding hydrogens is 404 g/mol. The highest BCUT2D eigenvalue weighted by molar-refractivity contribution is 5.87. The number of carbonyl (C=O) groups is 1. The fourth-order valence-corrected chi connectivity index (χ4v) is 4.51. The molecule has 6 heteroatoms. The molecular formula is C26H30N2O4. The number of nitrogens with zero attached hydrogens (tertiary/aromatic N) is 1. The molecule has 0 saturated carbocycles. The van der Waals surface area contributed by atoms with Crippen molar-refractivity contribution < 1.29 is 13.9 Å². The van der Waals surface area contributed by atoms with Crippen LogP contribution in [0.15, 0.2) is 51.7 Å². The van der Waals surface area contributed by atoms with Gasteiger partial charge in [-0.25, -0.2) is 4.79 Å². The molecule has 1 fully saturated rings. The molecule has 6 nitrogen and oxygen atoms in total. The second-order valence-electron chi connectivity index (χ2n) is 8.54. The normalized spacial score (nSPS) is 15.1. The van der Waals surface area contributed by atoms with Crippen LogP contribution in [0.1, 0.15) is 35.1 Å². The van der Waals surface area contributed by atoms with Gasteiger partial charge < -0.3 is 14.5 Å². The van der Waals surface area contributed by atoms with Gasteiger partial charge in [-0.15, -0.1) is 0 Å². The van der Waals surface area contributed by atoms with Crippen molar-refractivity contribution in [1.29, 1.82) is 0 Å². The summed E-state index contributed by atoms with van der Waals surface area (Å²) in [5.74, 6) is 0.538. The van der Waals surface area contributed by atoms with Crippen LogP contribution in [-0.2, 0) is 17.8 Å². The number of aryl methyl sites for hydroxylation is 2. The van der Waals surface area contributed by atoms with Crippen molar-refractivity contribution in [3.63, 3.8) is 0 Å². The van der Waals surface area contributed by atoms with Crippen LogP contribution in [0.5, 0.6) is 5.75 Å². The van der Waals surface area contributed by atoms with Crippen LogP contribution in [0.4, 0.5) is 0 Å². The molecule has 4 rings (SSSR count). The van der Waals surface area contributed by atoms with E-state index in [0.29, 0.717) is 16.9 Å². The summed E-state index contributed by atoms with van der Waals surface area (Å²) in [6.07, 6.45) is 1.84. The minimum Gasteiger partial charge on any atom is -0.496 e. The maximum Gasteiger partial charge on any atom is 0.340 e. The molecule has 1 N–H and O–H groups in total. The van der Waals surface area contributed by atoms with Gasteiger partial charge in [0.15, 0.2) is 0 Å². The Hall–Kier alpha value is -3.12. The van der Waals surface area contributed by atoms with Crippen LogP contribution >= 0.6 is 0 Å². The van der Waals surface area contributed by atoms with E-state index in [0.717, 1.165) is 49.0 Å². The van der Waals surface area contributed by atoms with Crippen molar-refractivity contribution in [3.05, 3.63) is 75.1 Å². The minimum absolute atomic E-state index is 0.0272. The molecule has 0 aliphatic carbocycles. The first-order valence-electron chi connectivity index (χ1n) is 11.1. The lowest BCUT2D eigenvalue weighted by Gasteiger charge is -2.32. The predicted octanol–water partition coefficient (Wildman–Crippen LogP) is 3.74. The van der Waals surface area contributed by atoms with Gasteiger partial charge in [-0.1, -0.05) is 30.3 Å². The van der Waals surface area contributed by atoms with E-state index < -0.39 is 5.63 Å². The van der Waals surface area contributed by atoms with Crippen molar-refractivity contribution in [2.45, 2.75) is 45.7 Å². The fourth-order valence-electron chi connectivity index (χ4n) is 4.51. The zero-order chi connectivity index (χ0) is 22.7. The molecule has 168 valence electrons. The monoisotopic (exact) mass is 434 g/mol. The number of benzene rings is 2. The topological polar surface area (TPSA) is 71.8 Å². The van der Waals surface area contributed by atoms with Crippen LogP contribution in [-0.4, -0.2) is 37.0 Å². The average Bonchev–Trinajstić information content (AvgIpc) is 2.79. The lowest BCUT2D eigenvalue weighted by atomic mass is 10.00. The maximum atomic E-state index is 12.7. The molecule has 1 aromatic heterocycles. The van der Waals surface area contributed by atoms with Gasteiger partial charge in [0.05, 0.1) is 19.1 Å². The molecule has 2 aromatic carbocycles. The van der Waals surface area contributed by atoms with Crippen molar-refractivity contribution in [1.82, 2.24) is 10.2 Å². The van der Waals surface area contributed by atoms with E-state index in [1.165, 1.54) is 5.56 Å². The van der Waals surface area contributed by atoms with E-state index in [-0.39, 0.29) is 18.4 Å². The molecule has 1 aliphatic rings. The molecule has 0 bridgehead atoms. The number of rotatable bonds is 6. The summed E-state index contributed by atoms with van der Waals surface area (Å²) in [6, 6.07) is 14.3. The van der Waals surface area contributed by atoms with Gasteiger partial charge in [0.2, 0.25) is 5.91 Å². The molecule has 32 heavy (non-hydrogen) atoms. The summed E-state index contributed by atoms with van der Waals surface area (Å²) in [7, 11) is 1.59. The second kappa shape index (κ2) is 9.57. The van der Waals surface area contributed by atoms with E-state index >= 15 is 0 Å². The van der Waals surface area contributed by atoms with E-state index in [4.69, 9.17) is 9.15 Å². The van der Waals surface area contributed by atoms with E-state index in [1.54, 1.807) is 7.11 Å². The molecule has 0 radical (unpaired) electrons. The number of hydrogen-bond acceptors (Lipinski definition) is 5. The van der Waals surface area contributed by atoms with Gasteiger partial charge in [-0.3, -0.25) is 9.69 Å². The number of amides is 1. The van der Waals surface area contributed by atoms with Gasteiger partial charge >= 0.3 is 5.63 Å². The molecule has 0 spiro atoms. The van der Waals surface area contributed by atoms with Crippen molar-refractivity contribution >= 4 is 16.9 Å². The number of ether oxygens (including phenoxy) is 1. The first-order chi connectivity index (χ1) is 15.5. The standard InChI is InChI=1S/C26H30N2O4/c1-17-21-9-10-23(31-3)18(2)25(21)32-26(30)22(17)15-24(29)27-20-11-13-28(14-12-20)16-19-7-5-4-6-8-19/h4-10,20H,11-16H2,1-3H3,(H,27,29). The Balaban J connectivity index is 1.39. The molecule has 3 aromatic rings. The largest absolute Gasteiger partial charge is 0.496 e. The number of nitrogens with one attached hydrogen (secondary N) is 1. The number of fused-ring (bicyclic) bond motifs is 1. The number of carbonyl (C=O) groups excluding carboxylic acids is 1. The minimum atomic E-state index is -0.459. The number of hydrogen-bond donors (Lipinski definition) is 1. The first-order valence-corrected chi connectivity index (χ1v) is 11.1. The average molecular weight is 435 g/mol. The van der Waals surface area contributed by atoms with Crippen LogP contribution in [0.3, 0.4) is 0 Å². The van der Waals surface area contributed by atoms with E-state index in [9.17, 15) is 9.59 Å². The Morgan fingerprint density at radius 1 is 1.09 bits per heavy atom. The lowest BCUT2D eigenvalue weighted by molar-refractivity contribution is -0.121. The third kappa shape index (κ3) is 4.70. The number of methoxy groups -OCH3 is 1. The Morgan fingerprint density at radius 3 is 2.50 bits per heavy atom. The molecule has 1 amide bonds. The van der Waals surface area contributed by atoms with Crippen molar-refractivity contribution in [2.24, 2.45) is 0 Å². The Labute approximate surface area is 188 Å². The van der Waals surface area contributed by atoms with Crippen LogP contribution in [0.2, 0.25) is 0 Å². The molecule has 0 atom stereocenters. The summed E-state index contributed by atoms with van der Waals surface area (Å²) in [5.41, 5.74) is 3.35. The fraction of sp³-hybridized carbons (Fsp3) is 0.385. The summed E-state index contributed by atoms with van der Waals surface area (Å²) in [5, 5.41) is 3.95. The quantitative estimate of drug-likeness (QED) is 0.599. The highest BCUT2D eigenvalue weighted by Gasteiger charge is 2.22. The second-order valence-corrected chi connectivity index (χ2v) is 8.54. The smallest absolute Gasteiger partial charge is 0.340 e. The number of piperidine rings is 1. The van der Waals surface area contributed by atoms with Gasteiger partial charge in [0.25, 0.3) is 0 Å². The first kappa shape index (κ1) is 22.1. The predicted molar refractivity (Wildman–Crippen MR) is 125 cm³/mol. The van der Waals surface area contributed by atoms with Gasteiger partial charge in [0, 0.05) is 36.6 Å². The van der Waals surface area contributed by atoms with Crippen LogP contribution in [0.25, 0.3) is 11.0 Å². The van der Waals surface area contributed by atoms with Gasteiger partial charge in [-0.2, -0.15) is 0 Å². The summed E-state index contributed by atoms with van der Waals surface area (Å²) < 4.78 is 10.9. The Kier molecular flexibility index (Phi) is 6.61. The Morgan fingerprint density at radius 2 is 1.81 bits per heavy atom. The third-order valence-corrected chi connectivity index (χ3v) is 6.41. The highest BCUT2D eigenvalue weighted by atomic mass is 16.5. The van der Waals surface area contributed by atoms with Crippen molar-refractivity contribution in [3.8, 4) is 5.75 Å². The van der Waals surface area contributed by atoms with Crippen molar-refractivity contribution in [2.75, 3.05) is 20.2 Å². The lowest BCUT2D eigenvalue weighted by Crippen LogP contribution is -2.45. The highest BCUT2D eigenvalue weighted by Crippen LogP contribution is 2.29. The zero-order valence-electron chi connectivity index (χ0n) is 18.9. The summed E-state index contributed by atoms with van der Waals surface area (Å²) in [6.45, 7) is 6.55. The van der Waals surface area contributed by atoms with Gasteiger partial charge in [-0.05, 0) is 49.9 Å². The maximum absolute atomic E-state index is 12.7. The van der Waals surface area contributed by atoms with E-state index in [1.807, 2.05) is 32.0 Å². The zero-order valence-corrected chi connectivity index (χ0v) is 18.9. The summed E-state index contributed by atoms with van der Waals surface area (Å²) in [4.78, 5) is 27.8. The third-order valence-electron chi connectivity index (χ3n) is 6.41. The molecule has 1 saturated heterocycles. The van der Waals surface area contributed by atoms with Crippen LogP contribution in [0, 0.1) is 13.8 Å².